The van der Waals surface area contributed by atoms with Gasteiger partial charge in [-0.25, -0.2) is 4.57 Å². The van der Waals surface area contributed by atoms with Crippen LogP contribution in [0.4, 0.5) is 0 Å². The fourth-order valence-electron chi connectivity index (χ4n) is 5.92. The molecule has 0 fully saturated rings. The molecule has 3 nitrogen and oxygen atoms in total. The number of aryl methyl sites for hydroxylation is 2. The summed E-state index contributed by atoms with van der Waals surface area (Å²) in [5.74, 6) is 1.14. The van der Waals surface area contributed by atoms with Gasteiger partial charge in [0.1, 0.15) is 11.4 Å². The third-order valence-corrected chi connectivity index (χ3v) is 7.77. The van der Waals surface area contributed by atoms with Gasteiger partial charge in [0, 0.05) is 17.3 Å². The highest BCUT2D eigenvalue weighted by atomic mass is 15.2. The van der Waals surface area contributed by atoms with E-state index in [1.807, 2.05) is 0 Å². The average Bonchev–Trinajstić information content (AvgIpc) is 3.54. The molecule has 3 heteroatoms. The molecule has 0 amide bonds. The first-order chi connectivity index (χ1) is 19.7. The molecule has 0 aliphatic carbocycles. The second kappa shape index (κ2) is 9.87. The number of aromatic nitrogens is 3. The predicted octanol–water partition coefficient (Wildman–Crippen LogP) is 8.56. The molecule has 0 saturated heterocycles. The van der Waals surface area contributed by atoms with Gasteiger partial charge < -0.3 is 4.57 Å². The zero-order valence-electron chi connectivity index (χ0n) is 22.7. The van der Waals surface area contributed by atoms with Gasteiger partial charge in [-0.2, -0.15) is 4.57 Å². The van der Waals surface area contributed by atoms with E-state index in [-0.39, 0.29) is 0 Å². The Morgan fingerprint density at radius 2 is 1.10 bits per heavy atom. The lowest BCUT2D eigenvalue weighted by molar-refractivity contribution is -0.634. The van der Waals surface area contributed by atoms with Crippen LogP contribution in [-0.2, 0) is 7.05 Å². The number of fused-ring (bicyclic) bond motifs is 1. The van der Waals surface area contributed by atoms with Crippen molar-refractivity contribution in [2.75, 3.05) is 0 Å². The van der Waals surface area contributed by atoms with Crippen molar-refractivity contribution < 1.29 is 4.57 Å². The lowest BCUT2D eigenvalue weighted by atomic mass is 9.95. The highest BCUT2D eigenvalue weighted by Gasteiger charge is 2.30. The number of imidazole rings is 1. The Morgan fingerprint density at radius 3 is 1.73 bits per heavy atom. The molecular weight excluding hydrogens is 486 g/mol. The smallest absolute Gasteiger partial charge is 0.309 e. The van der Waals surface area contributed by atoms with Gasteiger partial charge in [0.2, 0.25) is 0 Å². The first-order valence-corrected chi connectivity index (χ1v) is 13.7. The Balaban J connectivity index is 1.60. The van der Waals surface area contributed by atoms with Crippen molar-refractivity contribution in [1.29, 1.82) is 0 Å². The summed E-state index contributed by atoms with van der Waals surface area (Å²) >= 11 is 0. The summed E-state index contributed by atoms with van der Waals surface area (Å²) in [6, 6.07) is 49.6. The summed E-state index contributed by atoms with van der Waals surface area (Å²) in [5.41, 5.74) is 11.9. The van der Waals surface area contributed by atoms with E-state index in [0.29, 0.717) is 0 Å². The van der Waals surface area contributed by atoms with Gasteiger partial charge >= 0.3 is 5.82 Å². The fourth-order valence-corrected chi connectivity index (χ4v) is 5.92. The molecule has 0 aliphatic heterocycles. The van der Waals surface area contributed by atoms with Crippen molar-refractivity contribution in [1.82, 2.24) is 9.13 Å². The van der Waals surface area contributed by atoms with Crippen LogP contribution in [0.25, 0.3) is 56.2 Å². The maximum Gasteiger partial charge on any atom is 0.312 e. The van der Waals surface area contributed by atoms with Crippen LogP contribution < -0.4 is 4.57 Å². The van der Waals surface area contributed by atoms with E-state index in [9.17, 15) is 0 Å². The van der Waals surface area contributed by atoms with Crippen molar-refractivity contribution in [2.24, 2.45) is 7.05 Å². The van der Waals surface area contributed by atoms with Gasteiger partial charge in [-0.05, 0) is 53.9 Å². The third kappa shape index (κ3) is 3.87. The maximum atomic E-state index is 2.40. The van der Waals surface area contributed by atoms with Crippen LogP contribution >= 0.6 is 0 Å². The van der Waals surface area contributed by atoms with Crippen molar-refractivity contribution in [2.45, 2.75) is 6.92 Å². The normalized spacial score (nSPS) is 11.2. The number of benzene rings is 5. The minimum absolute atomic E-state index is 1.14. The largest absolute Gasteiger partial charge is 0.312 e. The van der Waals surface area contributed by atoms with Crippen LogP contribution in [0.15, 0.2) is 146 Å². The van der Waals surface area contributed by atoms with Crippen LogP contribution in [0.2, 0.25) is 0 Å². The van der Waals surface area contributed by atoms with E-state index >= 15 is 0 Å². The summed E-state index contributed by atoms with van der Waals surface area (Å²) in [5, 5.41) is 0. The van der Waals surface area contributed by atoms with E-state index in [1.165, 1.54) is 50.2 Å². The molecule has 2 aromatic heterocycles. The van der Waals surface area contributed by atoms with Crippen molar-refractivity contribution >= 4 is 11.0 Å². The van der Waals surface area contributed by atoms with E-state index in [1.54, 1.807) is 0 Å². The molecule has 40 heavy (non-hydrogen) atoms. The Hall–Kier alpha value is -5.15. The highest BCUT2D eigenvalue weighted by Crippen LogP contribution is 2.39. The van der Waals surface area contributed by atoms with Crippen LogP contribution in [0, 0.1) is 6.92 Å². The summed E-state index contributed by atoms with van der Waals surface area (Å²) < 4.78 is 7.11. The van der Waals surface area contributed by atoms with Gasteiger partial charge in [-0.15, -0.1) is 0 Å². The Bertz CT molecular complexity index is 1890. The maximum absolute atomic E-state index is 2.40. The fraction of sp³-hybridized carbons (Fsp3) is 0.0541. The number of rotatable bonds is 5. The number of para-hydroxylation sites is 4. The minimum Gasteiger partial charge on any atom is -0.309 e. The highest BCUT2D eigenvalue weighted by molar-refractivity contribution is 5.87. The molecule has 0 N–H and O–H groups in total. The molecule has 0 spiro atoms. The second-order valence-electron chi connectivity index (χ2n) is 10.2. The van der Waals surface area contributed by atoms with Gasteiger partial charge in [0.05, 0.1) is 12.7 Å². The molecule has 7 rings (SSSR count). The lowest BCUT2D eigenvalue weighted by Crippen LogP contribution is -2.31. The van der Waals surface area contributed by atoms with Crippen LogP contribution in [-0.4, -0.2) is 9.13 Å². The monoisotopic (exact) mass is 516 g/mol. The summed E-state index contributed by atoms with van der Waals surface area (Å²) in [6.45, 7) is 2.21. The second-order valence-corrected chi connectivity index (χ2v) is 10.2. The van der Waals surface area contributed by atoms with Gasteiger partial charge in [-0.1, -0.05) is 109 Å². The molecule has 2 heterocycles. The standard InChI is InChI=1S/C37H30N3/c1-27-25-26-39(35(27)37-38(2)33-23-12-13-24-34(33)40(37)30-19-10-5-11-20-30)36-31(28-15-6-3-7-16-28)21-14-22-32(36)29-17-8-4-9-18-29/h3-26H,1-2H3/q+1. The SMILES string of the molecule is Cc1ccn(-c2c(-c3ccccc3)cccc2-c2ccccc2)c1-c1n(-c2ccccc2)c2ccccc2[n+]1C. The van der Waals surface area contributed by atoms with Crippen molar-refractivity contribution in [3.63, 3.8) is 0 Å². The number of hydrogen-bond acceptors (Lipinski definition) is 0. The third-order valence-electron chi connectivity index (χ3n) is 7.77. The number of hydrogen-bond donors (Lipinski definition) is 0. The average molecular weight is 517 g/mol. The predicted molar refractivity (Wildman–Crippen MR) is 165 cm³/mol. The molecule has 0 atom stereocenters. The van der Waals surface area contributed by atoms with Gasteiger partial charge in [-0.3, -0.25) is 0 Å². The van der Waals surface area contributed by atoms with Gasteiger partial charge in [0.15, 0.2) is 11.0 Å². The van der Waals surface area contributed by atoms with Crippen LogP contribution in [0.3, 0.4) is 0 Å². The molecule has 0 unspecified atom stereocenters. The Kier molecular flexibility index (Phi) is 5.90. The van der Waals surface area contributed by atoms with Gasteiger partial charge in [0.25, 0.3) is 0 Å². The lowest BCUT2D eigenvalue weighted by Gasteiger charge is -2.19. The molecule has 0 bridgehead atoms. The molecule has 0 radical (unpaired) electrons. The van der Waals surface area contributed by atoms with E-state index in [4.69, 9.17) is 0 Å². The molecule has 192 valence electrons. The topological polar surface area (TPSA) is 13.7 Å². The number of nitrogens with zero attached hydrogens (tertiary/aromatic N) is 3. The first kappa shape index (κ1) is 23.9. The van der Waals surface area contributed by atoms with Crippen molar-refractivity contribution in [3.8, 4) is 45.1 Å². The minimum atomic E-state index is 1.14. The van der Waals surface area contributed by atoms with Crippen molar-refractivity contribution in [3.05, 3.63) is 151 Å². The summed E-state index contributed by atoms with van der Waals surface area (Å²) in [4.78, 5) is 0. The first-order valence-electron chi connectivity index (χ1n) is 13.7. The quantitative estimate of drug-likeness (QED) is 0.203. The summed E-state index contributed by atoms with van der Waals surface area (Å²) in [7, 11) is 2.18. The molecule has 5 aromatic carbocycles. The molecular formula is C37H30N3+. The van der Waals surface area contributed by atoms with Crippen LogP contribution in [0.5, 0.6) is 0 Å². The Labute approximate surface area is 234 Å². The Morgan fingerprint density at radius 1 is 0.550 bits per heavy atom. The van der Waals surface area contributed by atoms with Crippen LogP contribution in [0.1, 0.15) is 5.56 Å². The summed E-state index contributed by atoms with van der Waals surface area (Å²) in [6.07, 6.45) is 2.23. The van der Waals surface area contributed by atoms with E-state index in [2.05, 4.69) is 173 Å². The molecule has 0 aliphatic rings. The molecule has 0 saturated carbocycles. The van der Waals surface area contributed by atoms with E-state index in [0.717, 1.165) is 11.5 Å². The molecule has 7 aromatic rings. The zero-order chi connectivity index (χ0) is 27.1. The zero-order valence-corrected chi connectivity index (χ0v) is 22.7. The van der Waals surface area contributed by atoms with E-state index < -0.39 is 0 Å².